The molecule has 0 spiro atoms. The molecule has 0 radical (unpaired) electrons. The lowest BCUT2D eigenvalue weighted by Gasteiger charge is -2.12. The van der Waals surface area contributed by atoms with Gasteiger partial charge in [0.2, 0.25) is 0 Å². The third kappa shape index (κ3) is 3.03. The lowest BCUT2D eigenvalue weighted by atomic mass is 10.2. The second-order valence-corrected chi connectivity index (χ2v) is 7.54. The van der Waals surface area contributed by atoms with Gasteiger partial charge in [-0.25, -0.2) is 8.42 Å². The number of nitro groups is 1. The zero-order valence-corrected chi connectivity index (χ0v) is 12.3. The van der Waals surface area contributed by atoms with Crippen molar-refractivity contribution in [2.45, 2.75) is 18.1 Å². The van der Waals surface area contributed by atoms with Crippen LogP contribution in [0.5, 0.6) is 0 Å². The molecule has 1 unspecified atom stereocenters. The number of nitrogens with zero attached hydrogens (tertiary/aromatic N) is 2. The van der Waals surface area contributed by atoms with E-state index in [4.69, 9.17) is 0 Å². The number of hydrogen-bond donors (Lipinski definition) is 1. The molecule has 1 aliphatic heterocycles. The summed E-state index contributed by atoms with van der Waals surface area (Å²) in [5.74, 6) is 0.193. The molecule has 0 aromatic carbocycles. The van der Waals surface area contributed by atoms with Crippen LogP contribution in [0.4, 0.5) is 11.4 Å². The standard InChI is InChI=1S/C10H12BrN3O4S/c11-8-5-12-6-9(14(15)16)10(8)13-4-7-2-1-3-19(7,17)18/h5-7H,1-4H2,(H,12,13). The molecule has 1 saturated heterocycles. The highest BCUT2D eigenvalue weighted by atomic mass is 79.9. The minimum Gasteiger partial charge on any atom is -0.377 e. The molecule has 104 valence electrons. The van der Waals surface area contributed by atoms with Gasteiger partial charge in [-0.1, -0.05) is 0 Å². The van der Waals surface area contributed by atoms with Crippen LogP contribution in [-0.2, 0) is 9.84 Å². The van der Waals surface area contributed by atoms with Crippen LogP contribution in [0, 0.1) is 10.1 Å². The van der Waals surface area contributed by atoms with Crippen molar-refractivity contribution in [1.82, 2.24) is 4.98 Å². The average molecular weight is 350 g/mol. The van der Waals surface area contributed by atoms with Crippen LogP contribution < -0.4 is 5.32 Å². The second kappa shape index (κ2) is 5.41. The van der Waals surface area contributed by atoms with Gasteiger partial charge in [-0.15, -0.1) is 0 Å². The predicted molar refractivity (Wildman–Crippen MR) is 73.9 cm³/mol. The monoisotopic (exact) mass is 349 g/mol. The van der Waals surface area contributed by atoms with E-state index >= 15 is 0 Å². The van der Waals surface area contributed by atoms with E-state index in [2.05, 4.69) is 26.2 Å². The number of rotatable bonds is 4. The Kier molecular flexibility index (Phi) is 4.04. The Morgan fingerprint density at radius 2 is 2.26 bits per heavy atom. The highest BCUT2D eigenvalue weighted by Gasteiger charge is 2.31. The first-order valence-corrected chi connectivity index (χ1v) is 8.16. The largest absolute Gasteiger partial charge is 0.377 e. The van der Waals surface area contributed by atoms with Gasteiger partial charge in [-0.2, -0.15) is 0 Å². The summed E-state index contributed by atoms with van der Waals surface area (Å²) in [5, 5.41) is 13.3. The Bertz CT molecular complexity index is 605. The van der Waals surface area contributed by atoms with Gasteiger partial charge in [0.05, 0.1) is 20.4 Å². The first-order valence-electron chi connectivity index (χ1n) is 5.65. The normalized spacial score (nSPS) is 21.2. The third-order valence-electron chi connectivity index (χ3n) is 3.05. The van der Waals surface area contributed by atoms with E-state index in [1.807, 2.05) is 0 Å². The molecular formula is C10H12BrN3O4S. The van der Waals surface area contributed by atoms with Gasteiger partial charge < -0.3 is 5.32 Å². The van der Waals surface area contributed by atoms with Crippen LogP contribution in [0.1, 0.15) is 12.8 Å². The van der Waals surface area contributed by atoms with Crippen LogP contribution in [0.3, 0.4) is 0 Å². The van der Waals surface area contributed by atoms with Crippen molar-refractivity contribution < 1.29 is 13.3 Å². The van der Waals surface area contributed by atoms with Gasteiger partial charge in [0.25, 0.3) is 0 Å². The maximum absolute atomic E-state index is 11.7. The number of halogens is 1. The molecule has 7 nitrogen and oxygen atoms in total. The Morgan fingerprint density at radius 1 is 1.53 bits per heavy atom. The molecule has 0 bridgehead atoms. The predicted octanol–water partition coefficient (Wildman–Crippen LogP) is 1.74. The van der Waals surface area contributed by atoms with Gasteiger partial charge >= 0.3 is 5.69 Å². The van der Waals surface area contributed by atoms with E-state index in [0.717, 1.165) is 6.20 Å². The summed E-state index contributed by atoms with van der Waals surface area (Å²) in [6.45, 7) is 0.172. The van der Waals surface area contributed by atoms with Gasteiger partial charge in [-0.3, -0.25) is 15.1 Å². The fraction of sp³-hybridized carbons (Fsp3) is 0.500. The molecule has 1 N–H and O–H groups in total. The molecular weight excluding hydrogens is 338 g/mol. The number of sulfone groups is 1. The average Bonchev–Trinajstić information content (AvgIpc) is 2.66. The van der Waals surface area contributed by atoms with Gasteiger partial charge in [0.15, 0.2) is 9.84 Å². The van der Waals surface area contributed by atoms with Crippen LogP contribution >= 0.6 is 15.9 Å². The Hall–Kier alpha value is -1.22. The van der Waals surface area contributed by atoms with Crippen LogP contribution in [0.15, 0.2) is 16.9 Å². The molecule has 0 amide bonds. The minimum absolute atomic E-state index is 0.172. The summed E-state index contributed by atoms with van der Waals surface area (Å²) in [7, 11) is -3.07. The van der Waals surface area contributed by atoms with E-state index in [0.29, 0.717) is 17.3 Å². The zero-order valence-electron chi connectivity index (χ0n) is 9.87. The fourth-order valence-corrected chi connectivity index (χ4v) is 4.27. The van der Waals surface area contributed by atoms with Crippen molar-refractivity contribution in [3.63, 3.8) is 0 Å². The Labute approximate surface area is 118 Å². The van der Waals surface area contributed by atoms with Crippen molar-refractivity contribution in [1.29, 1.82) is 0 Å². The van der Waals surface area contributed by atoms with E-state index in [1.54, 1.807) is 0 Å². The molecule has 19 heavy (non-hydrogen) atoms. The quantitative estimate of drug-likeness (QED) is 0.656. The summed E-state index contributed by atoms with van der Waals surface area (Å²) in [6.07, 6.45) is 3.80. The van der Waals surface area contributed by atoms with Crippen molar-refractivity contribution in [3.8, 4) is 0 Å². The molecule has 2 rings (SSSR count). The second-order valence-electron chi connectivity index (χ2n) is 4.28. The summed E-state index contributed by atoms with van der Waals surface area (Å²) in [5.41, 5.74) is 0.0897. The SMILES string of the molecule is O=[N+]([O-])c1cncc(Br)c1NCC1CCCS1(=O)=O. The highest BCUT2D eigenvalue weighted by molar-refractivity contribution is 9.10. The lowest BCUT2D eigenvalue weighted by Crippen LogP contribution is -2.25. The highest BCUT2D eigenvalue weighted by Crippen LogP contribution is 2.31. The van der Waals surface area contributed by atoms with E-state index in [1.165, 1.54) is 6.20 Å². The molecule has 1 aromatic rings. The van der Waals surface area contributed by atoms with Crippen LogP contribution in [0.2, 0.25) is 0 Å². The molecule has 1 fully saturated rings. The maximum atomic E-state index is 11.7. The van der Waals surface area contributed by atoms with Gasteiger partial charge in [0.1, 0.15) is 11.9 Å². The summed E-state index contributed by atoms with van der Waals surface area (Å²) in [6, 6.07) is 0. The molecule has 1 aromatic heterocycles. The van der Waals surface area contributed by atoms with E-state index in [9.17, 15) is 18.5 Å². The number of nitrogens with one attached hydrogen (secondary N) is 1. The van der Waals surface area contributed by atoms with Crippen molar-refractivity contribution in [2.75, 3.05) is 17.6 Å². The first-order chi connectivity index (χ1) is 8.92. The fourth-order valence-electron chi connectivity index (χ4n) is 2.04. The maximum Gasteiger partial charge on any atom is 0.311 e. The minimum atomic E-state index is -3.07. The molecule has 9 heteroatoms. The van der Waals surface area contributed by atoms with E-state index < -0.39 is 20.0 Å². The number of aromatic nitrogens is 1. The molecule has 1 atom stereocenters. The lowest BCUT2D eigenvalue weighted by molar-refractivity contribution is -0.384. The third-order valence-corrected chi connectivity index (χ3v) is 5.92. The first kappa shape index (κ1) is 14.2. The molecule has 0 aliphatic carbocycles. The number of pyridine rings is 1. The van der Waals surface area contributed by atoms with Crippen LogP contribution in [0.25, 0.3) is 0 Å². The molecule has 1 aliphatic rings. The van der Waals surface area contributed by atoms with Crippen molar-refractivity contribution in [3.05, 3.63) is 27.0 Å². The van der Waals surface area contributed by atoms with Crippen molar-refractivity contribution >= 4 is 37.1 Å². The van der Waals surface area contributed by atoms with Gasteiger partial charge in [0, 0.05) is 12.7 Å². The summed E-state index contributed by atoms with van der Waals surface area (Å²) >= 11 is 3.17. The Morgan fingerprint density at radius 3 is 2.84 bits per heavy atom. The Balaban J connectivity index is 2.18. The van der Waals surface area contributed by atoms with Crippen molar-refractivity contribution in [2.24, 2.45) is 0 Å². The van der Waals surface area contributed by atoms with E-state index in [-0.39, 0.29) is 23.7 Å². The molecule has 0 saturated carbocycles. The van der Waals surface area contributed by atoms with Gasteiger partial charge in [-0.05, 0) is 28.8 Å². The number of hydrogen-bond acceptors (Lipinski definition) is 6. The van der Waals surface area contributed by atoms with Crippen LogP contribution in [-0.4, -0.2) is 35.9 Å². The molecule has 2 heterocycles. The smallest absolute Gasteiger partial charge is 0.311 e. The zero-order chi connectivity index (χ0) is 14.0. The summed E-state index contributed by atoms with van der Waals surface area (Å²) < 4.78 is 23.8. The topological polar surface area (TPSA) is 102 Å². The number of anilines is 1. The summed E-state index contributed by atoms with van der Waals surface area (Å²) in [4.78, 5) is 14.1.